The van der Waals surface area contributed by atoms with Crippen LogP contribution in [0.25, 0.3) is 0 Å². The van der Waals surface area contributed by atoms with Crippen molar-refractivity contribution >= 4 is 0 Å². The first-order valence-electron chi connectivity index (χ1n) is 11.6. The van der Waals surface area contributed by atoms with Crippen molar-refractivity contribution in [1.29, 1.82) is 0 Å². The summed E-state index contributed by atoms with van der Waals surface area (Å²) in [5.41, 5.74) is 0.562. The minimum Gasteiger partial charge on any atom is -0.251 e. The van der Waals surface area contributed by atoms with Crippen LogP contribution >= 0.6 is 0 Å². The fourth-order valence-electron chi connectivity index (χ4n) is 9.51. The summed E-state index contributed by atoms with van der Waals surface area (Å²) >= 11 is 0. The smallest absolute Gasteiger partial charge is 0.0894 e. The Balaban J connectivity index is 1.40. The number of halogens is 1. The minimum atomic E-state index is -0.100. The number of hydrogen-bond acceptors (Lipinski definition) is 0. The molecule has 0 aromatic rings. The molecule has 5 fully saturated rings. The van der Waals surface area contributed by atoms with Gasteiger partial charge in [-0.3, -0.25) is 4.39 Å². The van der Waals surface area contributed by atoms with Gasteiger partial charge < -0.3 is 0 Å². The van der Waals surface area contributed by atoms with Gasteiger partial charge in [-0.15, -0.1) is 0 Å². The molecule has 0 aromatic carbocycles. The predicted molar refractivity (Wildman–Crippen MR) is 102 cm³/mol. The van der Waals surface area contributed by atoms with Crippen molar-refractivity contribution in [3.63, 3.8) is 0 Å². The fraction of sp³-hybridized carbons (Fsp3) is 1.00. The lowest BCUT2D eigenvalue weighted by Gasteiger charge is -2.57. The van der Waals surface area contributed by atoms with E-state index < -0.39 is 0 Å². The van der Waals surface area contributed by atoms with Crippen LogP contribution in [0.15, 0.2) is 0 Å². The topological polar surface area (TPSA) is 0 Å². The summed E-state index contributed by atoms with van der Waals surface area (Å²) < 4.78 is 12.9. The van der Waals surface area contributed by atoms with E-state index in [9.17, 15) is 4.39 Å². The van der Waals surface area contributed by atoms with Crippen molar-refractivity contribution in [1.82, 2.24) is 0 Å². The molecule has 5 rings (SSSR count). The van der Waals surface area contributed by atoms with Crippen molar-refractivity contribution in [3.05, 3.63) is 0 Å². The Morgan fingerprint density at radius 1 is 0.920 bits per heavy atom. The highest BCUT2D eigenvalue weighted by Crippen LogP contribution is 2.77. The number of rotatable bonds is 3. The second kappa shape index (κ2) is 5.96. The molecule has 0 nitrogen and oxygen atoms in total. The van der Waals surface area contributed by atoms with E-state index in [2.05, 4.69) is 20.8 Å². The normalized spacial score (nSPS) is 59.5. The van der Waals surface area contributed by atoms with Crippen LogP contribution in [0.4, 0.5) is 4.39 Å². The number of fused-ring (bicyclic) bond motifs is 7. The third-order valence-electron chi connectivity index (χ3n) is 10.4. The Kier molecular flexibility index (Phi) is 4.07. The molecule has 5 aliphatic rings. The lowest BCUT2D eigenvalue weighted by Crippen LogP contribution is -2.50. The van der Waals surface area contributed by atoms with Gasteiger partial charge in [0.05, 0.1) is 6.67 Å². The average molecular weight is 347 g/mol. The minimum absolute atomic E-state index is 0.100. The SMILES string of the molecule is CC1CCC2C(CCC3C2CCC2(C)C(CCCF)C4C(C)C4C32)C1. The van der Waals surface area contributed by atoms with Gasteiger partial charge in [0.2, 0.25) is 0 Å². The highest BCUT2D eigenvalue weighted by atomic mass is 19.1. The molecule has 0 heterocycles. The Hall–Kier alpha value is -0.0700. The molecule has 11 atom stereocenters. The van der Waals surface area contributed by atoms with Gasteiger partial charge in [0, 0.05) is 0 Å². The van der Waals surface area contributed by atoms with Crippen LogP contribution in [-0.2, 0) is 0 Å². The van der Waals surface area contributed by atoms with Gasteiger partial charge >= 0.3 is 0 Å². The van der Waals surface area contributed by atoms with Gasteiger partial charge in [0.1, 0.15) is 0 Å². The van der Waals surface area contributed by atoms with E-state index in [1.807, 2.05) is 0 Å². The zero-order chi connectivity index (χ0) is 17.3. The van der Waals surface area contributed by atoms with Crippen LogP contribution < -0.4 is 0 Å². The van der Waals surface area contributed by atoms with Crippen LogP contribution in [0.3, 0.4) is 0 Å². The molecular weight excluding hydrogens is 307 g/mol. The third kappa shape index (κ3) is 2.35. The molecule has 5 saturated carbocycles. The quantitative estimate of drug-likeness (QED) is 0.530. The Morgan fingerprint density at radius 3 is 2.52 bits per heavy atom. The largest absolute Gasteiger partial charge is 0.251 e. The second-order valence-electron chi connectivity index (χ2n) is 11.3. The predicted octanol–water partition coefficient (Wildman–Crippen LogP) is 6.74. The zero-order valence-corrected chi connectivity index (χ0v) is 16.7. The van der Waals surface area contributed by atoms with E-state index in [1.54, 1.807) is 0 Å². The molecule has 0 radical (unpaired) electrons. The molecule has 142 valence electrons. The molecule has 11 unspecified atom stereocenters. The van der Waals surface area contributed by atoms with Gasteiger partial charge in [-0.2, -0.15) is 0 Å². The van der Waals surface area contributed by atoms with Gasteiger partial charge in [-0.25, -0.2) is 0 Å². The van der Waals surface area contributed by atoms with E-state index in [0.717, 1.165) is 65.6 Å². The molecule has 25 heavy (non-hydrogen) atoms. The maximum Gasteiger partial charge on any atom is 0.0894 e. The molecule has 0 bridgehead atoms. The standard InChI is InChI=1S/C24H39F/c1-14-6-8-17-16(13-14)7-9-19-18(17)10-11-24(3)20(5-4-12-25)21-15(2)22(21)23(19)24/h14-23H,4-13H2,1-3H3. The van der Waals surface area contributed by atoms with Gasteiger partial charge in [-0.05, 0) is 116 Å². The van der Waals surface area contributed by atoms with E-state index in [4.69, 9.17) is 0 Å². The molecular formula is C24H39F. The Labute approximate surface area is 154 Å². The van der Waals surface area contributed by atoms with E-state index in [1.165, 1.54) is 51.4 Å². The summed E-state index contributed by atoms with van der Waals surface area (Å²) in [6.07, 6.45) is 12.6. The zero-order valence-electron chi connectivity index (χ0n) is 16.7. The first-order chi connectivity index (χ1) is 12.1. The number of alkyl halides is 1. The third-order valence-corrected chi connectivity index (χ3v) is 10.4. The maximum atomic E-state index is 12.9. The van der Waals surface area contributed by atoms with Gasteiger partial charge in [0.15, 0.2) is 0 Å². The molecule has 0 amide bonds. The Bertz CT molecular complexity index is 514. The summed E-state index contributed by atoms with van der Waals surface area (Å²) in [4.78, 5) is 0. The molecule has 0 aromatic heterocycles. The van der Waals surface area contributed by atoms with E-state index in [0.29, 0.717) is 5.41 Å². The van der Waals surface area contributed by atoms with Crippen LogP contribution in [0.2, 0.25) is 0 Å². The molecule has 0 aliphatic heterocycles. The first kappa shape index (κ1) is 17.1. The summed E-state index contributed by atoms with van der Waals surface area (Å²) in [6.45, 7) is 7.56. The highest BCUT2D eigenvalue weighted by Gasteiger charge is 2.71. The lowest BCUT2D eigenvalue weighted by molar-refractivity contribution is -0.0845. The summed E-state index contributed by atoms with van der Waals surface area (Å²) in [5, 5.41) is 0. The van der Waals surface area contributed by atoms with Crippen LogP contribution in [-0.4, -0.2) is 6.67 Å². The summed E-state index contributed by atoms with van der Waals surface area (Å²) in [5.74, 6) is 9.96. The van der Waals surface area contributed by atoms with Crippen molar-refractivity contribution in [2.75, 3.05) is 6.67 Å². The van der Waals surface area contributed by atoms with Gasteiger partial charge in [0.25, 0.3) is 0 Å². The maximum absolute atomic E-state index is 12.9. The first-order valence-corrected chi connectivity index (χ1v) is 11.6. The highest BCUT2D eigenvalue weighted by molar-refractivity contribution is 5.19. The summed E-state index contributed by atoms with van der Waals surface area (Å²) in [7, 11) is 0. The van der Waals surface area contributed by atoms with Crippen molar-refractivity contribution in [2.45, 2.75) is 78.6 Å². The molecule has 0 spiro atoms. The van der Waals surface area contributed by atoms with Crippen LogP contribution in [0.5, 0.6) is 0 Å². The van der Waals surface area contributed by atoms with E-state index in [-0.39, 0.29) is 6.67 Å². The van der Waals surface area contributed by atoms with E-state index >= 15 is 0 Å². The van der Waals surface area contributed by atoms with Crippen molar-refractivity contribution < 1.29 is 4.39 Å². The fourth-order valence-corrected chi connectivity index (χ4v) is 9.51. The summed E-state index contributed by atoms with van der Waals surface area (Å²) in [6, 6.07) is 0. The molecule has 1 heteroatoms. The monoisotopic (exact) mass is 346 g/mol. The lowest BCUT2D eigenvalue weighted by atomic mass is 9.48. The molecule has 0 N–H and O–H groups in total. The Morgan fingerprint density at radius 2 is 1.72 bits per heavy atom. The number of hydrogen-bond donors (Lipinski definition) is 0. The van der Waals surface area contributed by atoms with Gasteiger partial charge in [-0.1, -0.05) is 27.2 Å². The second-order valence-corrected chi connectivity index (χ2v) is 11.3. The molecule has 0 saturated heterocycles. The molecule has 5 aliphatic carbocycles. The van der Waals surface area contributed by atoms with Crippen molar-refractivity contribution in [2.24, 2.45) is 64.6 Å². The van der Waals surface area contributed by atoms with Crippen LogP contribution in [0.1, 0.15) is 78.6 Å². The van der Waals surface area contributed by atoms with Crippen molar-refractivity contribution in [3.8, 4) is 0 Å². The average Bonchev–Trinajstić information content (AvgIpc) is 3.14. The van der Waals surface area contributed by atoms with Crippen LogP contribution in [0, 0.1) is 64.6 Å².